The van der Waals surface area contributed by atoms with Crippen LogP contribution in [0.15, 0.2) is 42.7 Å². The van der Waals surface area contributed by atoms with Gasteiger partial charge in [0.25, 0.3) is 5.91 Å². The number of halogens is 1. The third-order valence-electron chi connectivity index (χ3n) is 3.40. The molecule has 0 aliphatic heterocycles. The Morgan fingerprint density at radius 3 is 2.62 bits per heavy atom. The lowest BCUT2D eigenvalue weighted by atomic mass is 10.1. The Hall–Kier alpha value is -1.94. The van der Waals surface area contributed by atoms with Crippen molar-refractivity contribution < 1.29 is 4.79 Å². The molecule has 1 aromatic heterocycles. The van der Waals surface area contributed by atoms with E-state index in [9.17, 15) is 4.79 Å². The maximum Gasteiger partial charge on any atom is 0.274 e. The van der Waals surface area contributed by atoms with Gasteiger partial charge in [-0.15, -0.1) is 0 Å². The summed E-state index contributed by atoms with van der Waals surface area (Å²) in [5.74, 6) is -0.150. The van der Waals surface area contributed by atoms with E-state index in [0.717, 1.165) is 12.0 Å². The summed E-state index contributed by atoms with van der Waals surface area (Å²) in [6, 6.07) is 10.0. The maximum absolute atomic E-state index is 12.7. The third kappa shape index (κ3) is 4.02. The maximum atomic E-state index is 12.7. The van der Waals surface area contributed by atoms with E-state index in [0.29, 0.717) is 6.54 Å². The molecule has 1 atom stereocenters. The van der Waals surface area contributed by atoms with Crippen LogP contribution >= 0.6 is 11.6 Å². The van der Waals surface area contributed by atoms with Crippen LogP contribution in [-0.2, 0) is 6.54 Å². The van der Waals surface area contributed by atoms with E-state index in [4.69, 9.17) is 11.6 Å². The zero-order valence-corrected chi connectivity index (χ0v) is 12.9. The summed E-state index contributed by atoms with van der Waals surface area (Å²) in [7, 11) is 0. The molecule has 2 rings (SSSR count). The molecule has 0 fully saturated rings. The van der Waals surface area contributed by atoms with Gasteiger partial charge in [0.1, 0.15) is 10.8 Å². The van der Waals surface area contributed by atoms with Crippen molar-refractivity contribution >= 4 is 17.5 Å². The Kier molecular flexibility index (Phi) is 5.28. The molecule has 0 aliphatic carbocycles. The molecule has 110 valence electrons. The van der Waals surface area contributed by atoms with Crippen LogP contribution in [0.2, 0.25) is 5.15 Å². The van der Waals surface area contributed by atoms with E-state index in [1.165, 1.54) is 12.4 Å². The molecule has 0 saturated carbocycles. The zero-order chi connectivity index (χ0) is 15.2. The number of amides is 1. The quantitative estimate of drug-likeness (QED) is 0.848. The van der Waals surface area contributed by atoms with E-state index >= 15 is 0 Å². The first-order chi connectivity index (χ1) is 10.1. The molecular formula is C16H18ClN3O. The summed E-state index contributed by atoms with van der Waals surface area (Å²) in [6.45, 7) is 4.63. The molecular weight excluding hydrogens is 286 g/mol. The van der Waals surface area contributed by atoms with Gasteiger partial charge in [0.05, 0.1) is 12.4 Å². The van der Waals surface area contributed by atoms with E-state index < -0.39 is 0 Å². The van der Waals surface area contributed by atoms with Gasteiger partial charge in [-0.05, 0) is 18.9 Å². The number of carbonyl (C=O) groups is 1. The summed E-state index contributed by atoms with van der Waals surface area (Å²) >= 11 is 5.82. The highest BCUT2D eigenvalue weighted by atomic mass is 35.5. The minimum Gasteiger partial charge on any atom is -0.330 e. The van der Waals surface area contributed by atoms with Gasteiger partial charge >= 0.3 is 0 Å². The van der Waals surface area contributed by atoms with Crippen molar-refractivity contribution in [3.63, 3.8) is 0 Å². The molecule has 0 radical (unpaired) electrons. The van der Waals surface area contributed by atoms with Crippen molar-refractivity contribution in [1.82, 2.24) is 14.9 Å². The van der Waals surface area contributed by atoms with E-state index in [1.54, 1.807) is 4.90 Å². The standard InChI is InChI=1S/C16H18ClN3O/c1-3-12(2)20(11-13-7-5-4-6-8-13)16(21)14-9-18-10-15(17)19-14/h4-10,12H,3,11H2,1-2H3. The molecule has 5 heteroatoms. The highest BCUT2D eigenvalue weighted by Crippen LogP contribution is 2.15. The number of hydrogen-bond donors (Lipinski definition) is 0. The Balaban J connectivity index is 2.25. The lowest BCUT2D eigenvalue weighted by molar-refractivity contribution is 0.0665. The number of benzene rings is 1. The Labute approximate surface area is 129 Å². The van der Waals surface area contributed by atoms with Crippen LogP contribution in [0.5, 0.6) is 0 Å². The van der Waals surface area contributed by atoms with Gasteiger partial charge in [-0.1, -0.05) is 48.9 Å². The second-order valence-corrected chi connectivity index (χ2v) is 5.29. The first kappa shape index (κ1) is 15.4. The average molecular weight is 304 g/mol. The summed E-state index contributed by atoms with van der Waals surface area (Å²) < 4.78 is 0. The van der Waals surface area contributed by atoms with Crippen molar-refractivity contribution in [2.45, 2.75) is 32.9 Å². The van der Waals surface area contributed by atoms with Gasteiger partial charge in [0, 0.05) is 12.6 Å². The van der Waals surface area contributed by atoms with Crippen LogP contribution in [0, 0.1) is 0 Å². The third-order valence-corrected chi connectivity index (χ3v) is 3.59. The fraction of sp³-hybridized carbons (Fsp3) is 0.312. The molecule has 4 nitrogen and oxygen atoms in total. The minimum absolute atomic E-state index is 0.110. The van der Waals surface area contributed by atoms with Crippen LogP contribution in [0.3, 0.4) is 0 Å². The normalized spacial score (nSPS) is 12.0. The smallest absolute Gasteiger partial charge is 0.274 e. The van der Waals surface area contributed by atoms with Crippen molar-refractivity contribution in [3.8, 4) is 0 Å². The SMILES string of the molecule is CCC(C)N(Cc1ccccc1)C(=O)c1cncc(Cl)n1. The average Bonchev–Trinajstić information content (AvgIpc) is 2.52. The lowest BCUT2D eigenvalue weighted by Gasteiger charge is -2.28. The molecule has 0 aliphatic rings. The van der Waals surface area contributed by atoms with Crippen LogP contribution in [0.25, 0.3) is 0 Å². The highest BCUT2D eigenvalue weighted by Gasteiger charge is 2.22. The van der Waals surface area contributed by atoms with Gasteiger partial charge in [-0.2, -0.15) is 0 Å². The van der Waals surface area contributed by atoms with Gasteiger partial charge in [0.15, 0.2) is 0 Å². The van der Waals surface area contributed by atoms with E-state index in [1.807, 2.05) is 37.3 Å². The number of rotatable bonds is 5. The minimum atomic E-state index is -0.150. The van der Waals surface area contributed by atoms with Crippen LogP contribution in [0.4, 0.5) is 0 Å². The van der Waals surface area contributed by atoms with Crippen LogP contribution < -0.4 is 0 Å². The summed E-state index contributed by atoms with van der Waals surface area (Å²) in [4.78, 5) is 22.5. The first-order valence-corrected chi connectivity index (χ1v) is 7.32. The van der Waals surface area contributed by atoms with Gasteiger partial charge in [0.2, 0.25) is 0 Å². The molecule has 21 heavy (non-hydrogen) atoms. The molecule has 2 aromatic rings. The fourth-order valence-corrected chi connectivity index (χ4v) is 2.17. The molecule has 0 spiro atoms. The fourth-order valence-electron chi connectivity index (χ4n) is 2.02. The van der Waals surface area contributed by atoms with Gasteiger partial charge in [-0.3, -0.25) is 9.78 Å². The van der Waals surface area contributed by atoms with E-state index in [2.05, 4.69) is 16.9 Å². The van der Waals surface area contributed by atoms with Crippen molar-refractivity contribution in [1.29, 1.82) is 0 Å². The Morgan fingerprint density at radius 2 is 2.00 bits per heavy atom. The van der Waals surface area contributed by atoms with Gasteiger partial charge < -0.3 is 4.90 Å². The molecule has 1 aromatic carbocycles. The second-order valence-electron chi connectivity index (χ2n) is 4.90. The number of carbonyl (C=O) groups excluding carboxylic acids is 1. The predicted molar refractivity (Wildman–Crippen MR) is 83.1 cm³/mol. The molecule has 0 saturated heterocycles. The largest absolute Gasteiger partial charge is 0.330 e. The van der Waals surface area contributed by atoms with Crippen molar-refractivity contribution in [2.24, 2.45) is 0 Å². The summed E-state index contributed by atoms with van der Waals surface area (Å²) in [5.41, 5.74) is 1.36. The van der Waals surface area contributed by atoms with Crippen LogP contribution in [0.1, 0.15) is 36.3 Å². The highest BCUT2D eigenvalue weighted by molar-refractivity contribution is 6.29. The lowest BCUT2D eigenvalue weighted by Crippen LogP contribution is -2.38. The molecule has 1 heterocycles. The zero-order valence-electron chi connectivity index (χ0n) is 12.2. The molecule has 0 N–H and O–H groups in total. The van der Waals surface area contributed by atoms with Gasteiger partial charge in [-0.25, -0.2) is 4.98 Å². The first-order valence-electron chi connectivity index (χ1n) is 6.94. The molecule has 1 unspecified atom stereocenters. The van der Waals surface area contributed by atoms with Crippen molar-refractivity contribution in [3.05, 3.63) is 59.1 Å². The molecule has 0 bridgehead atoms. The number of hydrogen-bond acceptors (Lipinski definition) is 3. The Bertz CT molecular complexity index is 603. The predicted octanol–water partition coefficient (Wildman–Crippen LogP) is 3.57. The van der Waals surface area contributed by atoms with Crippen molar-refractivity contribution in [2.75, 3.05) is 0 Å². The monoisotopic (exact) mass is 303 g/mol. The number of aromatic nitrogens is 2. The summed E-state index contributed by atoms with van der Waals surface area (Å²) in [5, 5.41) is 0.227. The summed E-state index contributed by atoms with van der Waals surface area (Å²) in [6.07, 6.45) is 3.74. The Morgan fingerprint density at radius 1 is 1.29 bits per heavy atom. The topological polar surface area (TPSA) is 46.1 Å². The molecule has 1 amide bonds. The van der Waals surface area contributed by atoms with E-state index in [-0.39, 0.29) is 22.8 Å². The second kappa shape index (κ2) is 7.18. The van der Waals surface area contributed by atoms with Crippen LogP contribution in [-0.4, -0.2) is 26.8 Å². The number of nitrogens with zero attached hydrogens (tertiary/aromatic N) is 3.